The Hall–Kier alpha value is -1.71. The number of ether oxygens (including phenoxy) is 1. The maximum absolute atomic E-state index is 11.3. The highest BCUT2D eigenvalue weighted by Gasteiger charge is 2.12. The highest BCUT2D eigenvalue weighted by atomic mass is 16.5. The average Bonchev–Trinajstić information content (AvgIpc) is 2.38. The molecule has 0 aliphatic carbocycles. The molecule has 1 amide bonds. The molecule has 0 saturated carbocycles. The van der Waals surface area contributed by atoms with Gasteiger partial charge in [0.05, 0.1) is 12.3 Å². The Balaban J connectivity index is 0.00000137. The van der Waals surface area contributed by atoms with Crippen molar-refractivity contribution in [3.63, 3.8) is 0 Å². The van der Waals surface area contributed by atoms with E-state index in [2.05, 4.69) is 0 Å². The van der Waals surface area contributed by atoms with E-state index in [9.17, 15) is 4.79 Å². The van der Waals surface area contributed by atoms with Crippen LogP contribution in [0.2, 0.25) is 0 Å². The van der Waals surface area contributed by atoms with Crippen LogP contribution in [0.5, 0.6) is 5.75 Å². The second-order valence-corrected chi connectivity index (χ2v) is 3.65. The van der Waals surface area contributed by atoms with Crippen molar-refractivity contribution in [3.8, 4) is 5.75 Å². The summed E-state index contributed by atoms with van der Waals surface area (Å²) in [5.41, 5.74) is 7.03. The van der Waals surface area contributed by atoms with Crippen LogP contribution in [-0.4, -0.2) is 19.6 Å². The molecule has 0 fully saturated rings. The van der Waals surface area contributed by atoms with Crippen LogP contribution in [0.1, 0.15) is 34.1 Å². The quantitative estimate of drug-likeness (QED) is 0.838. The van der Waals surface area contributed by atoms with E-state index >= 15 is 0 Å². The molecule has 0 spiro atoms. The zero-order valence-electron chi connectivity index (χ0n) is 12.0. The number of anilines is 2. The smallest absolute Gasteiger partial charge is 0.223 e. The highest BCUT2D eigenvalue weighted by Crippen LogP contribution is 2.30. The third-order valence-electron chi connectivity index (χ3n) is 2.28. The first-order valence-electron chi connectivity index (χ1n) is 6.33. The summed E-state index contributed by atoms with van der Waals surface area (Å²) >= 11 is 0. The third kappa shape index (κ3) is 4.65. The first-order valence-corrected chi connectivity index (χ1v) is 6.33. The first kappa shape index (κ1) is 16.3. The Morgan fingerprint density at radius 1 is 1.39 bits per heavy atom. The lowest BCUT2D eigenvalue weighted by atomic mass is 10.2. The highest BCUT2D eigenvalue weighted by molar-refractivity contribution is 5.93. The van der Waals surface area contributed by atoms with E-state index in [1.54, 1.807) is 25.2 Å². The molecule has 2 N–H and O–H groups in total. The number of nitrogen functional groups attached to an aromatic ring is 1. The van der Waals surface area contributed by atoms with Crippen LogP contribution in [0, 0.1) is 0 Å². The van der Waals surface area contributed by atoms with E-state index in [-0.39, 0.29) is 5.91 Å². The van der Waals surface area contributed by atoms with Gasteiger partial charge in [0.25, 0.3) is 0 Å². The standard InChI is InChI=1S/C12H18N2O2.C2H6/c1-4-7-16-12-6-5-10(13)8-11(12)14(3)9(2)15;1-2/h5-6,8H,4,7,13H2,1-3H3;1-2H3. The number of nitrogens with zero attached hydrogens (tertiary/aromatic N) is 1. The van der Waals surface area contributed by atoms with E-state index in [1.807, 2.05) is 20.8 Å². The fourth-order valence-corrected chi connectivity index (χ4v) is 1.30. The minimum atomic E-state index is -0.0491. The molecule has 0 heterocycles. The topological polar surface area (TPSA) is 55.6 Å². The van der Waals surface area contributed by atoms with Crippen molar-refractivity contribution in [3.05, 3.63) is 18.2 Å². The number of rotatable bonds is 4. The normalized spacial score (nSPS) is 9.17. The number of benzene rings is 1. The Morgan fingerprint density at radius 3 is 2.50 bits per heavy atom. The van der Waals surface area contributed by atoms with Gasteiger partial charge in [-0.25, -0.2) is 0 Å². The number of hydrogen-bond donors (Lipinski definition) is 1. The number of hydrogen-bond acceptors (Lipinski definition) is 3. The van der Waals surface area contributed by atoms with Gasteiger partial charge < -0.3 is 15.4 Å². The Morgan fingerprint density at radius 2 is 2.00 bits per heavy atom. The minimum Gasteiger partial charge on any atom is -0.491 e. The Kier molecular flexibility index (Phi) is 7.59. The second-order valence-electron chi connectivity index (χ2n) is 3.65. The maximum Gasteiger partial charge on any atom is 0.223 e. The predicted octanol–water partition coefficient (Wildman–Crippen LogP) is 3.07. The molecule has 0 saturated heterocycles. The summed E-state index contributed by atoms with van der Waals surface area (Å²) in [5, 5.41) is 0. The van der Waals surface area contributed by atoms with E-state index in [4.69, 9.17) is 10.5 Å². The zero-order valence-corrected chi connectivity index (χ0v) is 12.0. The van der Waals surface area contributed by atoms with Crippen molar-refractivity contribution >= 4 is 17.3 Å². The van der Waals surface area contributed by atoms with Crippen molar-refractivity contribution in [1.29, 1.82) is 0 Å². The molecule has 1 rings (SSSR count). The molecule has 4 nitrogen and oxygen atoms in total. The molecule has 0 aliphatic heterocycles. The lowest BCUT2D eigenvalue weighted by Gasteiger charge is -2.19. The summed E-state index contributed by atoms with van der Waals surface area (Å²) in [6, 6.07) is 5.30. The number of carbonyl (C=O) groups is 1. The molecule has 102 valence electrons. The summed E-state index contributed by atoms with van der Waals surface area (Å²) in [6.07, 6.45) is 0.924. The van der Waals surface area contributed by atoms with E-state index in [0.717, 1.165) is 6.42 Å². The van der Waals surface area contributed by atoms with Gasteiger partial charge in [0, 0.05) is 19.7 Å². The van der Waals surface area contributed by atoms with Crippen molar-refractivity contribution in [2.75, 3.05) is 24.3 Å². The van der Waals surface area contributed by atoms with Crippen LogP contribution < -0.4 is 15.4 Å². The summed E-state index contributed by atoms with van der Waals surface area (Å²) in [5.74, 6) is 0.640. The van der Waals surface area contributed by atoms with Gasteiger partial charge >= 0.3 is 0 Å². The van der Waals surface area contributed by atoms with Gasteiger partial charge in [0.2, 0.25) is 5.91 Å². The van der Waals surface area contributed by atoms with E-state index in [1.165, 1.54) is 11.8 Å². The number of amides is 1. The minimum absolute atomic E-state index is 0.0491. The Labute approximate surface area is 110 Å². The Bertz CT molecular complexity index is 378. The molecular weight excluding hydrogens is 228 g/mol. The molecule has 4 heteroatoms. The van der Waals surface area contributed by atoms with Crippen molar-refractivity contribution in [2.24, 2.45) is 0 Å². The fourth-order valence-electron chi connectivity index (χ4n) is 1.30. The van der Waals surface area contributed by atoms with Crippen molar-refractivity contribution in [1.82, 2.24) is 0 Å². The molecule has 0 atom stereocenters. The van der Waals surface area contributed by atoms with Crippen LogP contribution in [0.25, 0.3) is 0 Å². The molecule has 1 aromatic rings. The van der Waals surface area contributed by atoms with Crippen LogP contribution in [0.15, 0.2) is 18.2 Å². The van der Waals surface area contributed by atoms with Gasteiger partial charge in [-0.15, -0.1) is 0 Å². The molecule has 1 aromatic carbocycles. The van der Waals surface area contributed by atoms with Gasteiger partial charge in [-0.2, -0.15) is 0 Å². The molecular formula is C14H24N2O2. The van der Waals surface area contributed by atoms with Crippen molar-refractivity contribution < 1.29 is 9.53 Å². The van der Waals surface area contributed by atoms with Gasteiger partial charge in [-0.1, -0.05) is 20.8 Å². The summed E-state index contributed by atoms with van der Waals surface area (Å²) in [6.45, 7) is 8.17. The second kappa shape index (κ2) is 8.39. The van der Waals surface area contributed by atoms with Crippen LogP contribution >= 0.6 is 0 Å². The third-order valence-corrected chi connectivity index (χ3v) is 2.28. The van der Waals surface area contributed by atoms with Crippen LogP contribution in [0.4, 0.5) is 11.4 Å². The van der Waals surface area contributed by atoms with Crippen molar-refractivity contribution in [2.45, 2.75) is 34.1 Å². The molecule has 0 aromatic heterocycles. The predicted molar refractivity (Wildman–Crippen MR) is 77.1 cm³/mol. The van der Waals surface area contributed by atoms with Gasteiger partial charge in [0.1, 0.15) is 5.75 Å². The first-order chi connectivity index (χ1) is 8.56. The number of carbonyl (C=O) groups excluding carboxylic acids is 1. The van der Waals surface area contributed by atoms with E-state index in [0.29, 0.717) is 23.7 Å². The summed E-state index contributed by atoms with van der Waals surface area (Å²) < 4.78 is 5.56. The SMILES string of the molecule is CC.CCCOc1ccc(N)cc1N(C)C(C)=O. The van der Waals surface area contributed by atoms with Crippen LogP contribution in [0.3, 0.4) is 0 Å². The number of nitrogens with two attached hydrogens (primary N) is 1. The molecule has 0 bridgehead atoms. The lowest BCUT2D eigenvalue weighted by molar-refractivity contribution is -0.116. The summed E-state index contributed by atoms with van der Waals surface area (Å²) in [4.78, 5) is 12.8. The monoisotopic (exact) mass is 252 g/mol. The average molecular weight is 252 g/mol. The van der Waals surface area contributed by atoms with Gasteiger partial charge in [-0.05, 0) is 24.6 Å². The molecule has 0 unspecified atom stereocenters. The zero-order chi connectivity index (χ0) is 14.1. The molecule has 18 heavy (non-hydrogen) atoms. The summed E-state index contributed by atoms with van der Waals surface area (Å²) in [7, 11) is 1.70. The molecule has 0 aliphatic rings. The van der Waals surface area contributed by atoms with Crippen LogP contribution in [-0.2, 0) is 4.79 Å². The lowest BCUT2D eigenvalue weighted by Crippen LogP contribution is -2.23. The van der Waals surface area contributed by atoms with E-state index < -0.39 is 0 Å². The van der Waals surface area contributed by atoms with Gasteiger partial charge in [0.15, 0.2) is 0 Å². The maximum atomic E-state index is 11.3. The van der Waals surface area contributed by atoms with Gasteiger partial charge in [-0.3, -0.25) is 4.79 Å². The fraction of sp³-hybridized carbons (Fsp3) is 0.500. The molecule has 0 radical (unpaired) electrons. The largest absolute Gasteiger partial charge is 0.491 e.